The van der Waals surface area contributed by atoms with Crippen molar-refractivity contribution in [3.05, 3.63) is 69.8 Å². The zero-order chi connectivity index (χ0) is 41.0. The van der Waals surface area contributed by atoms with Gasteiger partial charge in [-0.3, -0.25) is 0 Å². The van der Waals surface area contributed by atoms with E-state index in [2.05, 4.69) is 57.2 Å². The lowest BCUT2D eigenvalue weighted by molar-refractivity contribution is -0.0226. The van der Waals surface area contributed by atoms with Gasteiger partial charge >= 0.3 is 0 Å². The fourth-order valence-corrected chi connectivity index (χ4v) is 17.5. The largest absolute Gasteiger partial charge is 0.507 e. The molecule has 9 aliphatic rings. The molecule has 6 heteroatoms. The summed E-state index contributed by atoms with van der Waals surface area (Å²) in [6.07, 6.45) is 17.9. The molecule has 0 heterocycles. The minimum atomic E-state index is -0.231. The number of ether oxygens (including phenoxy) is 1. The van der Waals surface area contributed by atoms with E-state index in [4.69, 9.17) is 4.74 Å². The summed E-state index contributed by atoms with van der Waals surface area (Å²) in [5, 5.41) is 57.9. The molecule has 5 N–H and O–H groups in total. The van der Waals surface area contributed by atoms with Crippen LogP contribution in [0.3, 0.4) is 0 Å². The maximum atomic E-state index is 12.6. The summed E-state index contributed by atoms with van der Waals surface area (Å²) in [4.78, 5) is 0. The Morgan fingerprint density at radius 1 is 0.517 bits per heavy atom. The van der Waals surface area contributed by atoms with Crippen molar-refractivity contribution < 1.29 is 30.3 Å². The normalized spacial score (nSPS) is 43.3. The van der Waals surface area contributed by atoms with Gasteiger partial charge in [0.25, 0.3) is 0 Å². The Kier molecular flexibility index (Phi) is 8.67. The number of aliphatic hydroxyl groups is 3. The number of phenolic OH excluding ortho intramolecular Hbond substituents is 2. The van der Waals surface area contributed by atoms with E-state index < -0.39 is 0 Å². The number of aromatic hydroxyl groups is 2. The number of hydrogen-bond acceptors (Lipinski definition) is 6. The molecule has 3 aromatic rings. The minimum absolute atomic E-state index is 0.00932. The Morgan fingerprint density at radius 2 is 1.02 bits per heavy atom. The summed E-state index contributed by atoms with van der Waals surface area (Å²) in [6, 6.07) is 13.1. The SMILES string of the molecule is C[C@]12CC[C@@H]3c4ccc(Oc5cc6c(c(-c7cc8c(cc7O)[C@H]7CC[C@]9(C)[C@@H](O)CC[C@H]9[C@@H]7CC8)c5O)CC[C@@H]5[C@@H]6CC[C@]6(C)[C@@H](O)CC[C@@H]56)cc4CC[C@H]3[C@@H]1CC[C@@H]2O. The molecular weight excluding hydrogens is 745 g/mol. The summed E-state index contributed by atoms with van der Waals surface area (Å²) in [7, 11) is 0. The zero-order valence-corrected chi connectivity index (χ0v) is 36.3. The third kappa shape index (κ3) is 5.28. The molecule has 320 valence electrons. The number of fused-ring (bicyclic) bond motifs is 15. The van der Waals surface area contributed by atoms with Crippen molar-refractivity contribution in [3.63, 3.8) is 0 Å². The highest BCUT2D eigenvalue weighted by atomic mass is 16.5. The van der Waals surface area contributed by atoms with Crippen molar-refractivity contribution in [1.29, 1.82) is 0 Å². The van der Waals surface area contributed by atoms with E-state index in [-0.39, 0.29) is 46.1 Å². The number of phenols is 2. The summed E-state index contributed by atoms with van der Waals surface area (Å²) < 4.78 is 6.90. The highest BCUT2D eigenvalue weighted by molar-refractivity contribution is 5.83. The second-order valence-corrected chi connectivity index (χ2v) is 22.9. The average Bonchev–Trinajstić information content (AvgIpc) is 3.85. The van der Waals surface area contributed by atoms with E-state index in [0.717, 1.165) is 132 Å². The number of rotatable bonds is 3. The maximum absolute atomic E-state index is 12.6. The molecule has 12 rings (SSSR count). The van der Waals surface area contributed by atoms with Crippen LogP contribution in [-0.2, 0) is 19.3 Å². The molecule has 6 nitrogen and oxygen atoms in total. The Labute approximate surface area is 357 Å². The maximum Gasteiger partial charge on any atom is 0.169 e. The number of aryl methyl sites for hydroxylation is 2. The Hall–Kier alpha value is -3.06. The van der Waals surface area contributed by atoms with Gasteiger partial charge in [-0.05, 0) is 249 Å². The monoisotopic (exact) mass is 813 g/mol. The molecule has 60 heavy (non-hydrogen) atoms. The molecule has 3 aromatic carbocycles. The summed E-state index contributed by atoms with van der Waals surface area (Å²) in [5.41, 5.74) is 9.36. The first kappa shape index (κ1) is 38.6. The molecule has 0 spiro atoms. The van der Waals surface area contributed by atoms with E-state index in [1.165, 1.54) is 33.4 Å². The quantitative estimate of drug-likeness (QED) is 0.180. The number of hydrogen-bond donors (Lipinski definition) is 5. The van der Waals surface area contributed by atoms with Crippen LogP contribution in [0, 0.1) is 51.8 Å². The molecular formula is C54H68O6. The Bertz CT molecular complexity index is 2250. The molecule has 0 saturated heterocycles. The highest BCUT2D eigenvalue weighted by Crippen LogP contribution is 2.65. The summed E-state index contributed by atoms with van der Waals surface area (Å²) in [6.45, 7) is 6.99. The predicted octanol–water partition coefficient (Wildman–Crippen LogP) is 11.2. The first-order valence-corrected chi connectivity index (χ1v) is 24.5. The van der Waals surface area contributed by atoms with Crippen LogP contribution in [0.2, 0.25) is 0 Å². The van der Waals surface area contributed by atoms with Crippen molar-refractivity contribution >= 4 is 0 Å². The van der Waals surface area contributed by atoms with Crippen LogP contribution in [0.1, 0.15) is 168 Å². The van der Waals surface area contributed by atoms with Crippen LogP contribution >= 0.6 is 0 Å². The molecule has 9 aliphatic carbocycles. The molecule has 6 fully saturated rings. The topological polar surface area (TPSA) is 110 Å². The molecule has 0 bridgehead atoms. The number of benzene rings is 3. The van der Waals surface area contributed by atoms with Crippen molar-refractivity contribution in [3.8, 4) is 34.1 Å². The molecule has 15 atom stereocenters. The van der Waals surface area contributed by atoms with Crippen LogP contribution in [0.5, 0.6) is 23.0 Å². The van der Waals surface area contributed by atoms with Gasteiger partial charge in [-0.1, -0.05) is 26.8 Å². The summed E-state index contributed by atoms with van der Waals surface area (Å²) in [5.74, 6) is 6.13. The van der Waals surface area contributed by atoms with E-state index in [1.54, 1.807) is 0 Å². The van der Waals surface area contributed by atoms with E-state index in [0.29, 0.717) is 59.0 Å². The van der Waals surface area contributed by atoms with E-state index in [9.17, 15) is 25.5 Å². The van der Waals surface area contributed by atoms with Gasteiger partial charge in [0.05, 0.1) is 18.3 Å². The first-order chi connectivity index (χ1) is 28.9. The van der Waals surface area contributed by atoms with Crippen molar-refractivity contribution in [2.45, 2.75) is 172 Å². The third-order valence-electron chi connectivity index (χ3n) is 20.9. The molecule has 0 aromatic heterocycles. The van der Waals surface area contributed by atoms with Crippen LogP contribution in [0.4, 0.5) is 0 Å². The van der Waals surface area contributed by atoms with Gasteiger partial charge < -0.3 is 30.3 Å². The number of aliphatic hydroxyl groups excluding tert-OH is 3. The zero-order valence-electron chi connectivity index (χ0n) is 36.3. The van der Waals surface area contributed by atoms with Crippen molar-refractivity contribution in [1.82, 2.24) is 0 Å². The lowest BCUT2D eigenvalue weighted by Gasteiger charge is -2.50. The van der Waals surface area contributed by atoms with Crippen molar-refractivity contribution in [2.24, 2.45) is 51.8 Å². The van der Waals surface area contributed by atoms with Crippen LogP contribution in [0.15, 0.2) is 36.4 Å². The fourth-order valence-electron chi connectivity index (χ4n) is 17.5. The Morgan fingerprint density at radius 3 is 1.58 bits per heavy atom. The standard InChI is InChI=1S/C54H68O6/c1-52-21-18-32-31-9-6-30(24-28(31)4-7-35(32)42(52)12-15-47(52)56)60-46-27-40-34-20-23-54(3)44(14-17-49(54)58)37(34)10-11-38(40)50(51(46)59)41-25-29-5-8-36-33(39(29)26-45(41)55)19-22-53(2)43(36)13-16-48(53)57/h6,9,24-27,32-37,42-44,47-49,55-59H,4-5,7-8,10-23H2,1-3H3/t32-,33+,34+,35-,36-,37-,42+,43+,44+,47+,48+,49+,52+,53+,54+/m1/s1. The second kappa shape index (κ2) is 13.5. The van der Waals surface area contributed by atoms with Gasteiger partial charge in [0.2, 0.25) is 0 Å². The Balaban J connectivity index is 0.921. The van der Waals surface area contributed by atoms with Gasteiger partial charge in [0.15, 0.2) is 11.5 Å². The highest BCUT2D eigenvalue weighted by Gasteiger charge is 2.57. The van der Waals surface area contributed by atoms with E-state index >= 15 is 0 Å². The molecule has 6 saturated carbocycles. The molecule has 0 unspecified atom stereocenters. The van der Waals surface area contributed by atoms with Crippen molar-refractivity contribution in [2.75, 3.05) is 0 Å². The second-order valence-electron chi connectivity index (χ2n) is 22.9. The van der Waals surface area contributed by atoms with Gasteiger partial charge in [0.1, 0.15) is 11.5 Å². The van der Waals surface area contributed by atoms with Gasteiger partial charge in [0, 0.05) is 11.1 Å². The molecule has 0 radical (unpaired) electrons. The van der Waals surface area contributed by atoms with Gasteiger partial charge in [-0.15, -0.1) is 0 Å². The molecule has 0 aliphatic heterocycles. The average molecular weight is 813 g/mol. The third-order valence-corrected chi connectivity index (χ3v) is 20.9. The van der Waals surface area contributed by atoms with Crippen LogP contribution in [-0.4, -0.2) is 43.8 Å². The van der Waals surface area contributed by atoms with Crippen LogP contribution in [0.25, 0.3) is 11.1 Å². The smallest absolute Gasteiger partial charge is 0.169 e. The fraction of sp³-hybridized carbons (Fsp3) is 0.667. The molecule has 0 amide bonds. The first-order valence-electron chi connectivity index (χ1n) is 24.5. The van der Waals surface area contributed by atoms with Gasteiger partial charge in [-0.2, -0.15) is 0 Å². The van der Waals surface area contributed by atoms with Crippen LogP contribution < -0.4 is 4.74 Å². The minimum Gasteiger partial charge on any atom is -0.507 e. The van der Waals surface area contributed by atoms with Gasteiger partial charge in [-0.25, -0.2) is 0 Å². The summed E-state index contributed by atoms with van der Waals surface area (Å²) >= 11 is 0. The predicted molar refractivity (Wildman–Crippen MR) is 234 cm³/mol. The lowest BCUT2D eigenvalue weighted by atomic mass is 9.55. The van der Waals surface area contributed by atoms with E-state index in [1.807, 2.05) is 0 Å². The lowest BCUT2D eigenvalue weighted by Crippen LogP contribution is -2.44.